The van der Waals surface area contributed by atoms with Crippen LogP contribution in [-0.4, -0.2) is 5.11 Å². The first-order chi connectivity index (χ1) is 10.8. The number of hydrogen-bond acceptors (Lipinski definition) is 1. The van der Waals surface area contributed by atoms with Crippen molar-refractivity contribution in [3.8, 4) is 0 Å². The van der Waals surface area contributed by atoms with Crippen LogP contribution < -0.4 is 0 Å². The van der Waals surface area contributed by atoms with Gasteiger partial charge in [0.15, 0.2) is 0 Å². The number of halogens is 1. The Hall–Kier alpha value is -1.31. The topological polar surface area (TPSA) is 20.2 Å². The van der Waals surface area contributed by atoms with Gasteiger partial charge in [-0.25, -0.2) is 0 Å². The SMILES string of the molecule is ClCc1ccc2c(c1)CCC2.OCc1ccc2c(c1)CCC2. The fourth-order valence-corrected chi connectivity index (χ4v) is 3.60. The van der Waals surface area contributed by atoms with E-state index < -0.39 is 0 Å². The zero-order chi connectivity index (χ0) is 15.4. The number of aryl methyl sites for hydroxylation is 4. The normalized spacial score (nSPS) is 15.0. The van der Waals surface area contributed by atoms with E-state index in [0.717, 1.165) is 5.56 Å². The van der Waals surface area contributed by atoms with E-state index in [-0.39, 0.29) is 6.61 Å². The monoisotopic (exact) mass is 314 g/mol. The molecule has 22 heavy (non-hydrogen) atoms. The Balaban J connectivity index is 0.000000131. The molecule has 0 saturated carbocycles. The second-order valence-electron chi connectivity index (χ2n) is 6.20. The predicted molar refractivity (Wildman–Crippen MR) is 92.4 cm³/mol. The van der Waals surface area contributed by atoms with Crippen LogP contribution in [0.2, 0.25) is 0 Å². The van der Waals surface area contributed by atoms with E-state index in [1.165, 1.54) is 66.3 Å². The number of aliphatic hydroxyl groups is 1. The van der Waals surface area contributed by atoms with Crippen LogP contribution in [-0.2, 0) is 38.2 Å². The van der Waals surface area contributed by atoms with Crippen molar-refractivity contribution in [1.82, 2.24) is 0 Å². The summed E-state index contributed by atoms with van der Waals surface area (Å²) in [5, 5.41) is 8.87. The standard InChI is InChI=1S/C10H11Cl.C10H12O/c2*11-7-8-4-5-9-2-1-3-10(9)6-8/h4-6H,1-3,7H2;4-6,11H,1-3,7H2. The van der Waals surface area contributed by atoms with Crippen molar-refractivity contribution >= 4 is 11.6 Å². The molecule has 0 saturated heterocycles. The van der Waals surface area contributed by atoms with E-state index in [2.05, 4.69) is 30.3 Å². The Morgan fingerprint density at radius 2 is 1.23 bits per heavy atom. The van der Waals surface area contributed by atoms with Gasteiger partial charge in [-0.05, 0) is 71.9 Å². The van der Waals surface area contributed by atoms with E-state index in [1.54, 1.807) is 0 Å². The van der Waals surface area contributed by atoms with Crippen LogP contribution in [0.15, 0.2) is 36.4 Å². The molecule has 0 heterocycles. The summed E-state index contributed by atoms with van der Waals surface area (Å²) < 4.78 is 0. The molecule has 0 unspecified atom stereocenters. The summed E-state index contributed by atoms with van der Waals surface area (Å²) >= 11 is 5.73. The quantitative estimate of drug-likeness (QED) is 0.804. The minimum atomic E-state index is 0.174. The summed E-state index contributed by atoms with van der Waals surface area (Å²) in [5.74, 6) is 0.646. The molecule has 0 radical (unpaired) electrons. The average Bonchev–Trinajstić information content (AvgIpc) is 3.22. The van der Waals surface area contributed by atoms with Crippen molar-refractivity contribution in [2.24, 2.45) is 0 Å². The van der Waals surface area contributed by atoms with Crippen LogP contribution in [0.1, 0.15) is 46.2 Å². The molecule has 1 N–H and O–H groups in total. The molecule has 2 aromatic rings. The van der Waals surface area contributed by atoms with Crippen molar-refractivity contribution in [2.45, 2.75) is 51.0 Å². The van der Waals surface area contributed by atoms with E-state index >= 15 is 0 Å². The molecule has 4 rings (SSSR count). The lowest BCUT2D eigenvalue weighted by atomic mass is 10.1. The molecule has 0 aliphatic heterocycles. The molecule has 0 aromatic heterocycles. The lowest BCUT2D eigenvalue weighted by Crippen LogP contribution is -1.87. The number of aliphatic hydroxyl groups excluding tert-OH is 1. The summed E-state index contributed by atoms with van der Waals surface area (Å²) in [4.78, 5) is 0. The number of hydrogen-bond donors (Lipinski definition) is 1. The maximum atomic E-state index is 8.87. The Kier molecular flexibility index (Phi) is 5.17. The molecule has 116 valence electrons. The van der Waals surface area contributed by atoms with E-state index in [1.807, 2.05) is 6.07 Å². The van der Waals surface area contributed by atoms with Gasteiger partial charge in [-0.2, -0.15) is 0 Å². The average molecular weight is 315 g/mol. The van der Waals surface area contributed by atoms with Gasteiger partial charge < -0.3 is 5.11 Å². The van der Waals surface area contributed by atoms with E-state index in [4.69, 9.17) is 16.7 Å². The van der Waals surface area contributed by atoms with E-state index in [0.29, 0.717) is 5.88 Å². The molecule has 0 fully saturated rings. The summed E-state index contributed by atoms with van der Waals surface area (Å²) in [5.41, 5.74) is 8.26. The van der Waals surface area contributed by atoms with Crippen LogP contribution in [0.5, 0.6) is 0 Å². The highest BCUT2D eigenvalue weighted by Gasteiger charge is 2.10. The van der Waals surface area contributed by atoms with Gasteiger partial charge in [-0.15, -0.1) is 11.6 Å². The number of benzene rings is 2. The van der Waals surface area contributed by atoms with Crippen LogP contribution in [0.4, 0.5) is 0 Å². The Morgan fingerprint density at radius 3 is 1.77 bits per heavy atom. The fraction of sp³-hybridized carbons (Fsp3) is 0.400. The van der Waals surface area contributed by atoms with Gasteiger partial charge in [0.1, 0.15) is 0 Å². The van der Waals surface area contributed by atoms with Gasteiger partial charge in [0, 0.05) is 5.88 Å². The summed E-state index contributed by atoms with van der Waals surface area (Å²) in [6.45, 7) is 0.174. The highest BCUT2D eigenvalue weighted by molar-refractivity contribution is 6.17. The third kappa shape index (κ3) is 3.53. The van der Waals surface area contributed by atoms with Crippen LogP contribution in [0.3, 0.4) is 0 Å². The van der Waals surface area contributed by atoms with Crippen molar-refractivity contribution in [3.63, 3.8) is 0 Å². The minimum absolute atomic E-state index is 0.174. The molecule has 2 aromatic carbocycles. The number of rotatable bonds is 2. The Labute approximate surface area is 137 Å². The van der Waals surface area contributed by atoms with Gasteiger partial charge in [0.25, 0.3) is 0 Å². The molecule has 2 heteroatoms. The molecule has 0 spiro atoms. The second kappa shape index (κ2) is 7.30. The highest BCUT2D eigenvalue weighted by atomic mass is 35.5. The van der Waals surface area contributed by atoms with Gasteiger partial charge in [0.2, 0.25) is 0 Å². The van der Waals surface area contributed by atoms with Crippen molar-refractivity contribution < 1.29 is 5.11 Å². The zero-order valence-electron chi connectivity index (χ0n) is 12.9. The van der Waals surface area contributed by atoms with Crippen molar-refractivity contribution in [2.75, 3.05) is 0 Å². The molecule has 1 nitrogen and oxygen atoms in total. The Bertz CT molecular complexity index is 591. The first kappa shape index (κ1) is 15.6. The van der Waals surface area contributed by atoms with Crippen LogP contribution in [0, 0.1) is 0 Å². The molecular weight excluding hydrogens is 292 g/mol. The van der Waals surface area contributed by atoms with Crippen molar-refractivity contribution in [3.05, 3.63) is 69.8 Å². The number of alkyl halides is 1. The van der Waals surface area contributed by atoms with Gasteiger partial charge in [-0.1, -0.05) is 36.4 Å². The predicted octanol–water partition coefficient (Wildman–Crippen LogP) is 4.58. The first-order valence-corrected chi connectivity index (χ1v) is 8.72. The minimum Gasteiger partial charge on any atom is -0.392 e. The Morgan fingerprint density at radius 1 is 0.727 bits per heavy atom. The third-order valence-corrected chi connectivity index (χ3v) is 4.97. The largest absolute Gasteiger partial charge is 0.392 e. The second-order valence-corrected chi connectivity index (χ2v) is 6.47. The van der Waals surface area contributed by atoms with Crippen LogP contribution in [0.25, 0.3) is 0 Å². The van der Waals surface area contributed by atoms with Crippen LogP contribution >= 0.6 is 11.6 Å². The molecule has 2 aliphatic rings. The van der Waals surface area contributed by atoms with Gasteiger partial charge in [0.05, 0.1) is 6.61 Å². The summed E-state index contributed by atoms with van der Waals surface area (Å²) in [7, 11) is 0. The van der Waals surface area contributed by atoms with Gasteiger partial charge in [-0.3, -0.25) is 0 Å². The third-order valence-electron chi connectivity index (χ3n) is 4.66. The maximum absolute atomic E-state index is 8.87. The van der Waals surface area contributed by atoms with E-state index in [9.17, 15) is 0 Å². The highest BCUT2D eigenvalue weighted by Crippen LogP contribution is 2.23. The zero-order valence-corrected chi connectivity index (χ0v) is 13.7. The number of fused-ring (bicyclic) bond motifs is 2. The van der Waals surface area contributed by atoms with Crippen molar-refractivity contribution in [1.29, 1.82) is 0 Å². The molecule has 0 amide bonds. The lowest BCUT2D eigenvalue weighted by Gasteiger charge is -2.00. The molecule has 0 atom stereocenters. The summed E-state index contributed by atoms with van der Waals surface area (Å²) in [6.07, 6.45) is 7.54. The lowest BCUT2D eigenvalue weighted by molar-refractivity contribution is 0.281. The molecule has 2 aliphatic carbocycles. The molecular formula is C20H23ClO. The first-order valence-electron chi connectivity index (χ1n) is 8.18. The fourth-order valence-electron chi connectivity index (χ4n) is 3.43. The molecule has 0 bridgehead atoms. The maximum Gasteiger partial charge on any atom is 0.0681 e. The summed E-state index contributed by atoms with van der Waals surface area (Å²) in [6, 6.07) is 12.9. The van der Waals surface area contributed by atoms with Gasteiger partial charge >= 0.3 is 0 Å². The smallest absolute Gasteiger partial charge is 0.0681 e.